The number of nitrogens with zero attached hydrogens (tertiary/aromatic N) is 2. The summed E-state index contributed by atoms with van der Waals surface area (Å²) in [7, 11) is 0. The summed E-state index contributed by atoms with van der Waals surface area (Å²) in [5.41, 5.74) is 0.842. The third-order valence-corrected chi connectivity index (χ3v) is 5.86. The van der Waals surface area contributed by atoms with Gasteiger partial charge in [-0.2, -0.15) is 0 Å². The molecule has 1 atom stereocenters. The number of piperazine rings is 1. The van der Waals surface area contributed by atoms with Gasteiger partial charge in [0.15, 0.2) is 0 Å². The summed E-state index contributed by atoms with van der Waals surface area (Å²) in [5.74, 6) is -1.16. The summed E-state index contributed by atoms with van der Waals surface area (Å²) in [5, 5.41) is 0. The number of rotatable bonds is 5. The van der Waals surface area contributed by atoms with E-state index in [0.717, 1.165) is 24.0 Å². The van der Waals surface area contributed by atoms with Crippen LogP contribution in [0.5, 0.6) is 0 Å². The van der Waals surface area contributed by atoms with Crippen LogP contribution in [-0.4, -0.2) is 59.2 Å². The molecular weight excluding hydrogens is 442 g/mol. The van der Waals surface area contributed by atoms with E-state index in [0.29, 0.717) is 13.1 Å². The minimum absolute atomic E-state index is 0.0960. The molecule has 34 heavy (non-hydrogen) atoms. The molecule has 1 amide bonds. The smallest absolute Gasteiger partial charge is 0.410 e. The molecule has 2 aromatic rings. The van der Waals surface area contributed by atoms with Gasteiger partial charge in [0.2, 0.25) is 0 Å². The van der Waals surface area contributed by atoms with E-state index in [2.05, 4.69) is 0 Å². The molecule has 0 N–H and O–H groups in total. The lowest BCUT2D eigenvalue weighted by Crippen LogP contribution is -2.59. The zero-order valence-electron chi connectivity index (χ0n) is 19.7. The van der Waals surface area contributed by atoms with Gasteiger partial charge in [0.25, 0.3) is 0 Å². The molecular formula is C26H30F2N2O4. The highest BCUT2D eigenvalue weighted by Gasteiger charge is 2.42. The summed E-state index contributed by atoms with van der Waals surface area (Å²) in [6, 6.07) is 10.9. The van der Waals surface area contributed by atoms with Gasteiger partial charge in [-0.25, -0.2) is 13.6 Å². The number of ether oxygens (including phenoxy) is 2. The Morgan fingerprint density at radius 2 is 1.44 bits per heavy atom. The van der Waals surface area contributed by atoms with Gasteiger partial charge in [-0.3, -0.25) is 9.69 Å². The summed E-state index contributed by atoms with van der Waals surface area (Å²) in [6.07, 6.45) is 1.07. The second-order valence-corrected chi connectivity index (χ2v) is 9.82. The van der Waals surface area contributed by atoms with Crippen LogP contribution in [0.2, 0.25) is 0 Å². The first kappa shape index (κ1) is 24.1. The predicted octanol–water partition coefficient (Wildman–Crippen LogP) is 4.68. The number of carbonyl (C=O) groups is 2. The molecule has 1 heterocycles. The van der Waals surface area contributed by atoms with Gasteiger partial charge in [0.05, 0.1) is 12.6 Å². The van der Waals surface area contributed by atoms with E-state index in [1.54, 1.807) is 45.0 Å². The molecule has 1 saturated carbocycles. The largest absolute Gasteiger partial charge is 0.461 e. The van der Waals surface area contributed by atoms with Gasteiger partial charge in [-0.05, 0) is 69.0 Å². The maximum atomic E-state index is 13.7. The first-order valence-electron chi connectivity index (χ1n) is 11.6. The molecule has 1 unspecified atom stereocenters. The van der Waals surface area contributed by atoms with Gasteiger partial charge < -0.3 is 14.4 Å². The maximum absolute atomic E-state index is 13.7. The Morgan fingerprint density at radius 1 is 0.912 bits per heavy atom. The van der Waals surface area contributed by atoms with E-state index in [1.165, 1.54) is 29.2 Å². The third-order valence-electron chi connectivity index (χ3n) is 5.86. The zero-order chi connectivity index (χ0) is 24.5. The number of esters is 1. The Labute approximate surface area is 198 Å². The van der Waals surface area contributed by atoms with Crippen LogP contribution in [0, 0.1) is 11.6 Å². The second kappa shape index (κ2) is 9.70. The molecule has 8 heteroatoms. The molecule has 2 fully saturated rings. The summed E-state index contributed by atoms with van der Waals surface area (Å²) in [6.45, 7) is 6.15. The van der Waals surface area contributed by atoms with Crippen LogP contribution in [0.3, 0.4) is 0 Å². The fourth-order valence-corrected chi connectivity index (χ4v) is 4.10. The molecule has 182 valence electrons. The van der Waals surface area contributed by atoms with E-state index in [4.69, 9.17) is 9.47 Å². The van der Waals surface area contributed by atoms with E-state index in [9.17, 15) is 18.4 Å². The van der Waals surface area contributed by atoms with Gasteiger partial charge in [0.1, 0.15) is 29.4 Å². The molecule has 0 spiro atoms. The number of amides is 1. The number of benzene rings is 2. The first-order chi connectivity index (χ1) is 16.1. The van der Waals surface area contributed by atoms with Crippen LogP contribution in [-0.2, 0) is 14.3 Å². The van der Waals surface area contributed by atoms with Crippen molar-refractivity contribution in [2.75, 3.05) is 19.6 Å². The maximum Gasteiger partial charge on any atom is 0.410 e. The van der Waals surface area contributed by atoms with Crippen LogP contribution in [0.1, 0.15) is 50.8 Å². The quantitative estimate of drug-likeness (QED) is 0.592. The minimum Gasteiger partial charge on any atom is -0.461 e. The molecule has 1 saturated heterocycles. The Kier molecular flexibility index (Phi) is 6.89. The van der Waals surface area contributed by atoms with Crippen molar-refractivity contribution in [2.45, 2.75) is 57.4 Å². The molecule has 1 aliphatic heterocycles. The molecule has 2 aromatic carbocycles. The highest BCUT2D eigenvalue weighted by Crippen LogP contribution is 2.34. The zero-order valence-corrected chi connectivity index (χ0v) is 19.7. The Balaban J connectivity index is 1.67. The molecule has 0 radical (unpaired) electrons. The van der Waals surface area contributed by atoms with Crippen molar-refractivity contribution in [1.82, 2.24) is 9.80 Å². The molecule has 2 aliphatic rings. The normalized spacial score (nSPS) is 19.2. The summed E-state index contributed by atoms with van der Waals surface area (Å²) < 4.78 is 38.5. The number of hydrogen-bond donors (Lipinski definition) is 0. The lowest BCUT2D eigenvalue weighted by molar-refractivity contribution is -0.154. The van der Waals surface area contributed by atoms with Crippen molar-refractivity contribution in [3.63, 3.8) is 0 Å². The topological polar surface area (TPSA) is 59.1 Å². The van der Waals surface area contributed by atoms with Crippen LogP contribution in [0.25, 0.3) is 0 Å². The fraction of sp³-hybridized carbons (Fsp3) is 0.462. The molecule has 6 nitrogen and oxygen atoms in total. The molecule has 1 aliphatic carbocycles. The predicted molar refractivity (Wildman–Crippen MR) is 122 cm³/mol. The van der Waals surface area contributed by atoms with Crippen molar-refractivity contribution < 1.29 is 27.8 Å². The van der Waals surface area contributed by atoms with Crippen molar-refractivity contribution in [3.05, 3.63) is 71.3 Å². The van der Waals surface area contributed by atoms with Crippen molar-refractivity contribution in [2.24, 2.45) is 0 Å². The van der Waals surface area contributed by atoms with E-state index < -0.39 is 29.7 Å². The first-order valence-corrected chi connectivity index (χ1v) is 11.6. The van der Waals surface area contributed by atoms with Crippen LogP contribution in [0.15, 0.2) is 48.5 Å². The van der Waals surface area contributed by atoms with Crippen molar-refractivity contribution in [1.29, 1.82) is 0 Å². The lowest BCUT2D eigenvalue weighted by atomic mass is 9.94. The monoisotopic (exact) mass is 472 g/mol. The van der Waals surface area contributed by atoms with Gasteiger partial charge in [-0.1, -0.05) is 24.3 Å². The Bertz CT molecular complexity index is 971. The van der Waals surface area contributed by atoms with Gasteiger partial charge in [-0.15, -0.1) is 0 Å². The highest BCUT2D eigenvalue weighted by atomic mass is 19.1. The Hall–Kier alpha value is -3.00. The average Bonchev–Trinajstić information content (AvgIpc) is 3.59. The van der Waals surface area contributed by atoms with Crippen LogP contribution >= 0.6 is 0 Å². The van der Waals surface area contributed by atoms with E-state index in [1.807, 2.05) is 4.90 Å². The Morgan fingerprint density at radius 3 is 1.91 bits per heavy atom. The van der Waals surface area contributed by atoms with E-state index >= 15 is 0 Å². The molecule has 4 rings (SSSR count). The standard InChI is InChI=1S/C26H30F2N2O4/c1-26(2,3)34-25(32)29-14-15-30(22(16-29)24(31)33-21-12-13-21)23(17-4-8-19(27)9-5-17)18-6-10-20(28)11-7-18/h4-11,21-23H,12-16H2,1-3H3. The highest BCUT2D eigenvalue weighted by molar-refractivity contribution is 5.78. The lowest BCUT2D eigenvalue weighted by Gasteiger charge is -2.44. The SMILES string of the molecule is CC(C)(C)OC(=O)N1CCN(C(c2ccc(F)cc2)c2ccc(F)cc2)C(C(=O)OC2CC2)C1. The number of carbonyl (C=O) groups excluding carboxylic acids is 2. The average molecular weight is 473 g/mol. The fourth-order valence-electron chi connectivity index (χ4n) is 4.10. The van der Waals surface area contributed by atoms with E-state index in [-0.39, 0.29) is 24.3 Å². The summed E-state index contributed by atoms with van der Waals surface area (Å²) >= 11 is 0. The minimum atomic E-state index is -0.762. The van der Waals surface area contributed by atoms with Gasteiger partial charge >= 0.3 is 12.1 Å². The second-order valence-electron chi connectivity index (χ2n) is 9.82. The third kappa shape index (κ3) is 5.91. The summed E-state index contributed by atoms with van der Waals surface area (Å²) in [4.78, 5) is 29.5. The van der Waals surface area contributed by atoms with Crippen molar-refractivity contribution >= 4 is 12.1 Å². The van der Waals surface area contributed by atoms with Crippen LogP contribution in [0.4, 0.5) is 13.6 Å². The van der Waals surface area contributed by atoms with Gasteiger partial charge in [0, 0.05) is 13.1 Å². The molecule has 0 aromatic heterocycles. The van der Waals surface area contributed by atoms with Crippen LogP contribution < -0.4 is 0 Å². The number of hydrogen-bond acceptors (Lipinski definition) is 5. The van der Waals surface area contributed by atoms with Crippen molar-refractivity contribution in [3.8, 4) is 0 Å². The molecule has 0 bridgehead atoms. The number of halogens is 2.